The largest absolute Gasteiger partial charge is 0.478 e. The summed E-state index contributed by atoms with van der Waals surface area (Å²) in [6.45, 7) is 1.77. The Kier molecular flexibility index (Phi) is 4.71. The van der Waals surface area contributed by atoms with Crippen molar-refractivity contribution in [3.05, 3.63) is 34.9 Å². The number of hydrogen-bond donors (Lipinski definition) is 2. The molecule has 0 bridgehead atoms. The Morgan fingerprint density at radius 2 is 2.31 bits per heavy atom. The van der Waals surface area contributed by atoms with Gasteiger partial charge in [0.15, 0.2) is 0 Å². The second-order valence-corrected chi connectivity index (χ2v) is 4.73. The van der Waals surface area contributed by atoms with E-state index in [2.05, 4.69) is 0 Å². The summed E-state index contributed by atoms with van der Waals surface area (Å²) in [6.07, 6.45) is 1.19. The Labute approximate surface area is 103 Å². The predicted octanol–water partition coefficient (Wildman–Crippen LogP) is 3.05. The smallest absolute Gasteiger partial charge is 0.328 e. The number of nitrogens with two attached hydrogens (primary N) is 1. The number of halogens is 1. The van der Waals surface area contributed by atoms with Crippen molar-refractivity contribution in [1.29, 1.82) is 0 Å². The molecule has 0 saturated heterocycles. The van der Waals surface area contributed by atoms with Gasteiger partial charge in [-0.25, -0.2) is 4.79 Å². The molecule has 16 heavy (non-hydrogen) atoms. The lowest BCUT2D eigenvalue weighted by molar-refractivity contribution is -0.131. The third-order valence-corrected chi connectivity index (χ3v) is 3.47. The minimum atomic E-state index is -0.929. The number of rotatable bonds is 4. The molecule has 5 heteroatoms. The Balaban J connectivity index is 2.65. The molecule has 0 unspecified atom stereocenters. The number of hydrogen-bond acceptors (Lipinski definition) is 3. The maximum absolute atomic E-state index is 10.4. The topological polar surface area (TPSA) is 63.3 Å². The molecule has 1 aromatic rings. The lowest BCUT2D eigenvalue weighted by atomic mass is 10.3. The molecular weight excluding hydrogens is 246 g/mol. The van der Waals surface area contributed by atoms with Crippen LogP contribution in [0.1, 0.15) is 6.92 Å². The maximum atomic E-state index is 10.4. The molecule has 0 aromatic heterocycles. The van der Waals surface area contributed by atoms with Crippen molar-refractivity contribution in [2.75, 3.05) is 11.5 Å². The van der Waals surface area contributed by atoms with E-state index in [4.69, 9.17) is 22.4 Å². The van der Waals surface area contributed by atoms with Crippen LogP contribution in [0.2, 0.25) is 5.02 Å². The maximum Gasteiger partial charge on any atom is 0.328 e. The third-order valence-electron chi connectivity index (χ3n) is 1.78. The van der Waals surface area contributed by atoms with E-state index in [0.29, 0.717) is 16.5 Å². The molecule has 0 aliphatic heterocycles. The lowest BCUT2D eigenvalue weighted by Gasteiger charge is -2.04. The highest BCUT2D eigenvalue weighted by atomic mass is 35.5. The van der Waals surface area contributed by atoms with Crippen LogP contribution < -0.4 is 5.73 Å². The van der Waals surface area contributed by atoms with E-state index >= 15 is 0 Å². The second kappa shape index (κ2) is 5.82. The molecule has 0 aliphatic carbocycles. The zero-order valence-electron chi connectivity index (χ0n) is 8.74. The summed E-state index contributed by atoms with van der Waals surface area (Å²) in [5.41, 5.74) is 6.97. The second-order valence-electron chi connectivity index (χ2n) is 3.31. The monoisotopic (exact) mass is 257 g/mol. The van der Waals surface area contributed by atoms with Gasteiger partial charge in [-0.05, 0) is 25.1 Å². The van der Waals surface area contributed by atoms with Gasteiger partial charge in [0.2, 0.25) is 0 Å². The molecule has 0 heterocycles. The highest BCUT2D eigenvalue weighted by Gasteiger charge is 2.02. The molecule has 1 aromatic carbocycles. The molecule has 0 radical (unpaired) electrons. The molecule has 0 aliphatic rings. The first-order valence-corrected chi connectivity index (χ1v) is 5.93. The molecule has 0 amide bonds. The summed E-state index contributed by atoms with van der Waals surface area (Å²) in [7, 11) is 0. The highest BCUT2D eigenvalue weighted by Crippen LogP contribution is 2.29. The van der Waals surface area contributed by atoms with Crippen LogP contribution in [0.3, 0.4) is 0 Å². The van der Waals surface area contributed by atoms with Gasteiger partial charge in [0, 0.05) is 22.4 Å². The normalized spacial score (nSPS) is 11.5. The van der Waals surface area contributed by atoms with Crippen LogP contribution in [0.4, 0.5) is 5.69 Å². The molecule has 0 fully saturated rings. The van der Waals surface area contributed by atoms with Gasteiger partial charge < -0.3 is 10.8 Å². The highest BCUT2D eigenvalue weighted by molar-refractivity contribution is 7.99. The molecule has 0 atom stereocenters. The minimum Gasteiger partial charge on any atom is -0.478 e. The zero-order chi connectivity index (χ0) is 12.1. The molecular formula is C11H12ClNO2S. The summed E-state index contributed by atoms with van der Waals surface area (Å²) in [4.78, 5) is 11.3. The summed E-state index contributed by atoms with van der Waals surface area (Å²) in [6, 6.07) is 5.28. The molecule has 3 N–H and O–H groups in total. The Morgan fingerprint density at radius 1 is 1.62 bits per heavy atom. The molecule has 0 spiro atoms. The standard InChI is InChI=1S/C11H12ClNO2S/c1-7(4-11(14)15)6-16-10-3-2-8(13)5-9(10)12/h2-5H,6,13H2,1H3,(H,14,15). The number of thioether (sulfide) groups is 1. The van der Waals surface area contributed by atoms with Crippen LogP contribution in [0.25, 0.3) is 0 Å². The Hall–Kier alpha value is -1.13. The third kappa shape index (κ3) is 4.16. The first-order chi connectivity index (χ1) is 7.49. The van der Waals surface area contributed by atoms with Crippen LogP contribution in [-0.4, -0.2) is 16.8 Å². The van der Waals surface area contributed by atoms with Crippen LogP contribution >= 0.6 is 23.4 Å². The van der Waals surface area contributed by atoms with Gasteiger partial charge in [-0.3, -0.25) is 0 Å². The Morgan fingerprint density at radius 3 is 2.88 bits per heavy atom. The minimum absolute atomic E-state index is 0.591. The number of aliphatic carboxylic acids is 1. The predicted molar refractivity (Wildman–Crippen MR) is 68.0 cm³/mol. The van der Waals surface area contributed by atoms with Gasteiger partial charge in [0.25, 0.3) is 0 Å². The van der Waals surface area contributed by atoms with Gasteiger partial charge in [-0.2, -0.15) is 0 Å². The number of benzene rings is 1. The van der Waals surface area contributed by atoms with Crippen molar-refractivity contribution in [3.63, 3.8) is 0 Å². The average Bonchev–Trinajstić information content (AvgIpc) is 2.15. The number of carbonyl (C=O) groups is 1. The van der Waals surface area contributed by atoms with Gasteiger partial charge in [0.1, 0.15) is 0 Å². The number of carboxylic acids is 1. The van der Waals surface area contributed by atoms with Crippen molar-refractivity contribution in [3.8, 4) is 0 Å². The first-order valence-electron chi connectivity index (χ1n) is 4.57. The fraction of sp³-hybridized carbons (Fsp3) is 0.182. The van der Waals surface area contributed by atoms with Crippen LogP contribution in [0.15, 0.2) is 34.7 Å². The van der Waals surface area contributed by atoms with E-state index in [1.807, 2.05) is 6.07 Å². The summed E-state index contributed by atoms with van der Waals surface area (Å²) in [5.74, 6) is -0.336. The van der Waals surface area contributed by atoms with Crippen molar-refractivity contribution >= 4 is 35.0 Å². The average molecular weight is 258 g/mol. The van der Waals surface area contributed by atoms with E-state index in [0.717, 1.165) is 10.5 Å². The molecule has 3 nitrogen and oxygen atoms in total. The van der Waals surface area contributed by atoms with Crippen molar-refractivity contribution in [1.82, 2.24) is 0 Å². The zero-order valence-corrected chi connectivity index (χ0v) is 10.3. The van der Waals surface area contributed by atoms with Gasteiger partial charge in [-0.15, -0.1) is 11.8 Å². The fourth-order valence-corrected chi connectivity index (χ4v) is 2.26. The quantitative estimate of drug-likeness (QED) is 0.494. The van der Waals surface area contributed by atoms with E-state index in [-0.39, 0.29) is 0 Å². The number of carboxylic acid groups (broad SMARTS) is 1. The summed E-state index contributed by atoms with van der Waals surface area (Å²) < 4.78 is 0. The number of anilines is 1. The van der Waals surface area contributed by atoms with Crippen molar-refractivity contribution < 1.29 is 9.90 Å². The molecule has 86 valence electrons. The van der Waals surface area contributed by atoms with E-state index in [1.54, 1.807) is 19.1 Å². The first kappa shape index (κ1) is 12.9. The van der Waals surface area contributed by atoms with E-state index in [1.165, 1.54) is 17.8 Å². The van der Waals surface area contributed by atoms with Gasteiger partial charge >= 0.3 is 5.97 Å². The van der Waals surface area contributed by atoms with E-state index in [9.17, 15) is 4.79 Å². The van der Waals surface area contributed by atoms with Crippen molar-refractivity contribution in [2.45, 2.75) is 11.8 Å². The van der Waals surface area contributed by atoms with Gasteiger partial charge in [-0.1, -0.05) is 17.2 Å². The van der Waals surface area contributed by atoms with Crippen molar-refractivity contribution in [2.24, 2.45) is 0 Å². The Bertz CT molecular complexity index is 432. The van der Waals surface area contributed by atoms with Crippen LogP contribution in [0, 0.1) is 0 Å². The fourth-order valence-electron chi connectivity index (χ4n) is 1.08. The molecule has 0 saturated carbocycles. The van der Waals surface area contributed by atoms with Crippen LogP contribution in [0.5, 0.6) is 0 Å². The summed E-state index contributed by atoms with van der Waals surface area (Å²) >= 11 is 7.47. The van der Waals surface area contributed by atoms with Gasteiger partial charge in [0.05, 0.1) is 5.02 Å². The number of nitrogen functional groups attached to an aromatic ring is 1. The SMILES string of the molecule is CC(=CC(=O)O)CSc1ccc(N)cc1Cl. The lowest BCUT2D eigenvalue weighted by Crippen LogP contribution is -1.92. The molecule has 1 rings (SSSR count). The van der Waals surface area contributed by atoms with Crippen LogP contribution in [-0.2, 0) is 4.79 Å². The summed E-state index contributed by atoms with van der Waals surface area (Å²) in [5, 5.41) is 9.13. The van der Waals surface area contributed by atoms with E-state index < -0.39 is 5.97 Å².